The van der Waals surface area contributed by atoms with Crippen molar-refractivity contribution in [2.24, 2.45) is 116 Å². The average molecular weight is 1680 g/mol. The zero-order valence-electron chi connectivity index (χ0n) is 72.9. The Hall–Kier alpha value is -4.73. The molecular formula is C94H138O26. The fraction of sp³-hybridized carbons (Fsp3) is 0.777. The quantitative estimate of drug-likeness (QED) is 0.0624. The molecule has 0 aromatic rings. The van der Waals surface area contributed by atoms with Crippen LogP contribution in [0.5, 0.6) is 0 Å². The summed E-state index contributed by atoms with van der Waals surface area (Å²) in [6.07, 6.45) is 21.0. The molecule has 0 bridgehead atoms. The van der Waals surface area contributed by atoms with Crippen LogP contribution < -0.4 is 0 Å². The van der Waals surface area contributed by atoms with Crippen LogP contribution in [0.25, 0.3) is 0 Å². The first-order chi connectivity index (χ1) is 55.4. The van der Waals surface area contributed by atoms with Gasteiger partial charge >= 0.3 is 5.97 Å². The Morgan fingerprint density at radius 1 is 0.342 bits per heavy atom. The van der Waals surface area contributed by atoms with Gasteiger partial charge in [0.2, 0.25) is 0 Å². The number of fused-ring (bicyclic) bond motifs is 20. The van der Waals surface area contributed by atoms with Crippen molar-refractivity contribution in [3.63, 3.8) is 0 Å². The third-order valence-corrected chi connectivity index (χ3v) is 35.5. The van der Waals surface area contributed by atoms with Crippen molar-refractivity contribution < 1.29 is 131 Å². The van der Waals surface area contributed by atoms with Crippen LogP contribution in [0.2, 0.25) is 0 Å². The van der Waals surface area contributed by atoms with Gasteiger partial charge in [-0.15, -0.1) is 0 Å². The van der Waals surface area contributed by atoms with Gasteiger partial charge < -0.3 is 107 Å². The standard InChI is InChI=1S/C34H54O8.3C20H28O6/c1-22-18-26-32(40,29(22)38)20-24(21-35)19-25-28-31(3,4)34(28,30(39)23(2)33(25,26)41)42-17-15-13-11-9-7-5-6-8-10-12-14-16-27(36)37;3*1-9-5-13-18(24,15(9)22)7-11(8-21)6-12-14-17(3,4)20(14,26)16(23)10(2)19(12,13)25/h18-19,23,25-26,28,30,35,39-41H,5-17,20-21H2,1-4H3,(H,36,37);3*5-6,10,12-14,16,21,23-26H,7-8H2,1-4H3/t23-,25+,26-,28-,30-,32-,33-,34-;3*10-,12+,13-,14-,16-,18-,19-,20-/m1111/s1. The van der Waals surface area contributed by atoms with Crippen LogP contribution in [0.1, 0.15) is 214 Å². The van der Waals surface area contributed by atoms with Gasteiger partial charge in [0.1, 0.15) is 44.8 Å². The minimum atomic E-state index is -1.84. The second-order valence-electron chi connectivity index (χ2n) is 42.5. The number of aliphatic carboxylic acids is 1. The molecule has 120 heavy (non-hydrogen) atoms. The van der Waals surface area contributed by atoms with Crippen molar-refractivity contribution in [3.05, 3.63) is 93.2 Å². The second kappa shape index (κ2) is 30.2. The molecule has 0 saturated heterocycles. The van der Waals surface area contributed by atoms with E-state index in [9.17, 15) is 121 Å². The number of carbonyl (C=O) groups excluding carboxylic acids is 4. The molecule has 0 radical (unpaired) electrons. The van der Waals surface area contributed by atoms with E-state index in [1.54, 1.807) is 97.9 Å². The largest absolute Gasteiger partial charge is 0.481 e. The molecule has 26 heteroatoms. The van der Waals surface area contributed by atoms with Gasteiger partial charge in [0.15, 0.2) is 23.1 Å². The number of aliphatic hydroxyl groups is 19. The summed E-state index contributed by atoms with van der Waals surface area (Å²) in [5, 5.41) is 220. The molecule has 0 aromatic heterocycles. The first kappa shape index (κ1) is 92.9. The Balaban J connectivity index is 0.000000142. The number of hydrogen-bond acceptors (Lipinski definition) is 25. The Kier molecular flexibility index (Phi) is 23.4. The zero-order valence-corrected chi connectivity index (χ0v) is 72.9. The summed E-state index contributed by atoms with van der Waals surface area (Å²) in [7, 11) is 0. The molecule has 16 aliphatic carbocycles. The number of unbranched alkanes of at least 4 members (excludes halogenated alkanes) is 10. The van der Waals surface area contributed by atoms with E-state index in [0.717, 1.165) is 38.5 Å². The number of carboxylic acids is 1. The van der Waals surface area contributed by atoms with Crippen LogP contribution in [-0.4, -0.2) is 256 Å². The van der Waals surface area contributed by atoms with E-state index < -0.39 is 231 Å². The van der Waals surface area contributed by atoms with Crippen LogP contribution in [0.4, 0.5) is 0 Å². The third kappa shape index (κ3) is 12.3. The summed E-state index contributed by atoms with van der Waals surface area (Å²) in [5.74, 6) is -12.8. The van der Waals surface area contributed by atoms with Crippen LogP contribution in [0.3, 0.4) is 0 Å². The van der Waals surface area contributed by atoms with Crippen molar-refractivity contribution in [1.82, 2.24) is 0 Å². The minimum Gasteiger partial charge on any atom is -0.481 e. The normalized spacial score (nSPS) is 48.8. The lowest BCUT2D eigenvalue weighted by Gasteiger charge is -2.52. The molecule has 20 N–H and O–H groups in total. The van der Waals surface area contributed by atoms with Crippen molar-refractivity contribution in [2.75, 3.05) is 33.0 Å². The molecule has 32 atom stereocenters. The molecule has 0 heterocycles. The number of carbonyl (C=O) groups is 5. The van der Waals surface area contributed by atoms with Crippen LogP contribution >= 0.6 is 0 Å². The van der Waals surface area contributed by atoms with Crippen molar-refractivity contribution in [1.29, 1.82) is 0 Å². The number of hydrogen-bond donors (Lipinski definition) is 20. The first-order valence-electron chi connectivity index (χ1n) is 44.1. The smallest absolute Gasteiger partial charge is 0.303 e. The van der Waals surface area contributed by atoms with Crippen molar-refractivity contribution >= 4 is 29.1 Å². The maximum Gasteiger partial charge on any atom is 0.303 e. The molecule has 26 nitrogen and oxygen atoms in total. The first-order valence-corrected chi connectivity index (χ1v) is 44.1. The summed E-state index contributed by atoms with van der Waals surface area (Å²) in [6.45, 7) is 27.7. The molecule has 16 aliphatic rings. The van der Waals surface area contributed by atoms with Crippen LogP contribution in [0, 0.1) is 116 Å². The van der Waals surface area contributed by atoms with Gasteiger partial charge in [-0.25, -0.2) is 0 Å². The minimum absolute atomic E-state index is 0.0315. The van der Waals surface area contributed by atoms with E-state index >= 15 is 0 Å². The highest BCUT2D eigenvalue weighted by Crippen LogP contribution is 2.80. The molecule has 670 valence electrons. The van der Waals surface area contributed by atoms with E-state index in [0.29, 0.717) is 51.2 Å². The fourth-order valence-corrected chi connectivity index (χ4v) is 28.3. The molecule has 0 aliphatic heterocycles. The maximum atomic E-state index is 13.1. The molecular weight excluding hydrogens is 1550 g/mol. The predicted octanol–water partition coefficient (Wildman–Crippen LogP) is 4.51. The Morgan fingerprint density at radius 2 is 0.567 bits per heavy atom. The van der Waals surface area contributed by atoms with E-state index in [-0.39, 0.29) is 64.4 Å². The molecule has 8 fully saturated rings. The van der Waals surface area contributed by atoms with E-state index in [4.69, 9.17) is 9.84 Å². The van der Waals surface area contributed by atoms with Crippen LogP contribution in [0.15, 0.2) is 93.2 Å². The lowest BCUT2D eigenvalue weighted by atomic mass is 9.59. The highest BCUT2D eigenvalue weighted by molar-refractivity contribution is 6.07. The topological polar surface area (TPSA) is 499 Å². The highest BCUT2D eigenvalue weighted by atomic mass is 16.5. The molecule has 0 amide bonds. The molecule has 16 rings (SSSR count). The van der Waals surface area contributed by atoms with E-state index in [1.165, 1.54) is 32.1 Å². The molecule has 0 unspecified atom stereocenters. The summed E-state index contributed by atoms with van der Waals surface area (Å²) >= 11 is 0. The van der Waals surface area contributed by atoms with E-state index in [2.05, 4.69) is 13.8 Å². The van der Waals surface area contributed by atoms with Crippen molar-refractivity contribution in [2.45, 2.75) is 305 Å². The summed E-state index contributed by atoms with van der Waals surface area (Å²) in [5.41, 5.74) is -17.4. The monoisotopic (exact) mass is 1680 g/mol. The van der Waals surface area contributed by atoms with Gasteiger partial charge in [0.25, 0.3) is 0 Å². The lowest BCUT2D eigenvalue weighted by molar-refractivity contribution is -0.219. The fourth-order valence-electron chi connectivity index (χ4n) is 28.3. The van der Waals surface area contributed by atoms with Crippen LogP contribution in [-0.2, 0) is 28.7 Å². The van der Waals surface area contributed by atoms with Gasteiger partial charge in [-0.05, 0) is 85.1 Å². The van der Waals surface area contributed by atoms with E-state index in [1.807, 2.05) is 47.6 Å². The Morgan fingerprint density at radius 3 is 0.808 bits per heavy atom. The molecule has 8 saturated carbocycles. The predicted molar refractivity (Wildman–Crippen MR) is 438 cm³/mol. The van der Waals surface area contributed by atoms with Gasteiger partial charge in [0, 0.05) is 155 Å². The molecule has 0 aromatic carbocycles. The average Bonchev–Trinajstić information content (AvgIpc) is 1.48. The summed E-state index contributed by atoms with van der Waals surface area (Å²) < 4.78 is 6.60. The maximum absolute atomic E-state index is 13.1. The lowest BCUT2D eigenvalue weighted by Crippen LogP contribution is -2.65. The number of ketones is 4. The number of aliphatic hydroxyl groups excluding tert-OH is 8. The SMILES string of the molecule is CC1=C[C@H]2[C@@]3(O)[C@H](C)[C@@H](O)[C@]4(O)[C@H]([C@@H]3C=C(CO)C[C@]2(O)C1=O)C4(C)C.CC1=C[C@H]2[C@@]3(O)[C@H](C)[C@@H](O)[C@]4(O)[C@H]([C@@H]3C=C(CO)C[C@]2(O)C1=O)C4(C)C.CC1=C[C@H]2[C@@]3(O)[C@H](C)[C@@H](O)[C@]4(O)[C@H]([C@@H]3C=C(CO)C[C@]2(O)C1=O)C4(C)C.CC1=C[C@H]2[C@@]3(O)[C@H](C)[C@@H](O)[C@]4(OCCCCCCCCCCCCCC(=O)O)[C@H]([C@@H]3C=C(CO)C[C@]2(O)C1=O)C4(C)C. The van der Waals surface area contributed by atoms with Crippen molar-refractivity contribution in [3.8, 4) is 0 Å². The van der Waals surface area contributed by atoms with Gasteiger partial charge in [0.05, 0.1) is 73.2 Å². The number of ether oxygens (including phenoxy) is 1. The Labute approximate surface area is 704 Å². The third-order valence-electron chi connectivity index (χ3n) is 35.5. The van der Waals surface area contributed by atoms with Gasteiger partial charge in [-0.2, -0.15) is 0 Å². The highest BCUT2D eigenvalue weighted by Gasteiger charge is 2.89. The second-order valence-corrected chi connectivity index (χ2v) is 42.5. The summed E-state index contributed by atoms with van der Waals surface area (Å²) in [6, 6.07) is 0. The van der Waals surface area contributed by atoms with Gasteiger partial charge in [-0.1, -0.05) is 189 Å². The zero-order chi connectivity index (χ0) is 89.3. The van der Waals surface area contributed by atoms with Gasteiger partial charge in [-0.3, -0.25) is 24.0 Å². The number of carboxylic acid groups (broad SMARTS) is 1. The Bertz CT molecular complexity index is 4110. The summed E-state index contributed by atoms with van der Waals surface area (Å²) in [4.78, 5) is 61.8. The number of rotatable bonds is 19. The number of Topliss-reactive ketones (excluding diaryl/α,β-unsaturated/α-hetero) is 4. The molecule has 0 spiro atoms.